The fourth-order valence-corrected chi connectivity index (χ4v) is 4.05. The summed E-state index contributed by atoms with van der Waals surface area (Å²) in [4.78, 5) is 2.28. The Balaban J connectivity index is 1.57. The molecular formula is C25H19BNO2. The summed E-state index contributed by atoms with van der Waals surface area (Å²) in [7, 11) is 0.722. The first-order valence-electron chi connectivity index (χ1n) is 9.62. The van der Waals surface area contributed by atoms with E-state index in [1.165, 1.54) is 22.3 Å². The molecule has 1 aliphatic carbocycles. The zero-order chi connectivity index (χ0) is 19.6. The lowest BCUT2D eigenvalue weighted by Gasteiger charge is -2.26. The van der Waals surface area contributed by atoms with Crippen LogP contribution >= 0.6 is 0 Å². The number of benzene rings is 4. The van der Waals surface area contributed by atoms with Crippen molar-refractivity contribution in [1.29, 1.82) is 0 Å². The van der Waals surface area contributed by atoms with Crippen LogP contribution in [0.5, 0.6) is 5.75 Å². The van der Waals surface area contributed by atoms with Gasteiger partial charge in [0.1, 0.15) is 5.75 Å². The van der Waals surface area contributed by atoms with E-state index in [0.29, 0.717) is 5.75 Å². The summed E-state index contributed by atoms with van der Waals surface area (Å²) >= 11 is 0. The van der Waals surface area contributed by atoms with E-state index in [1.807, 2.05) is 24.3 Å². The van der Waals surface area contributed by atoms with E-state index >= 15 is 0 Å². The Hall–Kier alpha value is -3.50. The second kappa shape index (κ2) is 7.49. The first-order valence-corrected chi connectivity index (χ1v) is 9.62. The molecule has 0 amide bonds. The van der Waals surface area contributed by atoms with Crippen molar-refractivity contribution in [1.82, 2.24) is 0 Å². The van der Waals surface area contributed by atoms with Gasteiger partial charge in [-0.3, -0.25) is 0 Å². The topological polar surface area (TPSA) is 32.7 Å². The summed E-state index contributed by atoms with van der Waals surface area (Å²) in [5.41, 5.74) is 8.37. The Morgan fingerprint density at radius 2 is 1.24 bits per heavy atom. The summed E-state index contributed by atoms with van der Waals surface area (Å²) < 4.78 is 5.13. The van der Waals surface area contributed by atoms with Crippen molar-refractivity contribution in [3.05, 3.63) is 108 Å². The zero-order valence-electron chi connectivity index (χ0n) is 15.8. The first kappa shape index (κ1) is 17.6. The van der Waals surface area contributed by atoms with Crippen LogP contribution < -0.4 is 9.55 Å². The van der Waals surface area contributed by atoms with Gasteiger partial charge in [0.2, 0.25) is 0 Å². The predicted molar refractivity (Wildman–Crippen MR) is 118 cm³/mol. The van der Waals surface area contributed by atoms with E-state index < -0.39 is 0 Å². The summed E-state index contributed by atoms with van der Waals surface area (Å²) in [6.45, 7) is 0. The Kier molecular flexibility index (Phi) is 4.55. The monoisotopic (exact) mass is 376 g/mol. The molecule has 5 rings (SSSR count). The summed E-state index contributed by atoms with van der Waals surface area (Å²) in [5, 5.41) is 8.90. The molecule has 29 heavy (non-hydrogen) atoms. The molecule has 1 radical (unpaired) electrons. The van der Waals surface area contributed by atoms with Gasteiger partial charge in [0.15, 0.2) is 0 Å². The molecule has 0 heterocycles. The van der Waals surface area contributed by atoms with E-state index in [-0.39, 0.29) is 0 Å². The SMILES string of the molecule is O[B]Oc1ccc2c(c1)Cc1cc(N(c3ccccc3)c3ccccc3)ccc1-2. The summed E-state index contributed by atoms with van der Waals surface area (Å²) in [6.07, 6.45) is 0.846. The van der Waals surface area contributed by atoms with Crippen LogP contribution in [-0.2, 0) is 6.42 Å². The van der Waals surface area contributed by atoms with Crippen molar-refractivity contribution in [2.45, 2.75) is 6.42 Å². The predicted octanol–water partition coefficient (Wildman–Crippen LogP) is 5.63. The van der Waals surface area contributed by atoms with Crippen LogP contribution in [0.2, 0.25) is 0 Å². The van der Waals surface area contributed by atoms with Gasteiger partial charge >= 0.3 is 7.69 Å². The lowest BCUT2D eigenvalue weighted by molar-refractivity contribution is 0.453. The Morgan fingerprint density at radius 1 is 0.655 bits per heavy atom. The quantitative estimate of drug-likeness (QED) is 0.404. The van der Waals surface area contributed by atoms with Crippen LogP contribution in [0.25, 0.3) is 11.1 Å². The molecule has 0 saturated heterocycles. The molecule has 0 atom stereocenters. The molecule has 139 valence electrons. The van der Waals surface area contributed by atoms with E-state index in [4.69, 9.17) is 9.68 Å². The number of para-hydroxylation sites is 2. The second-order valence-corrected chi connectivity index (χ2v) is 7.07. The minimum atomic E-state index is 0.648. The van der Waals surface area contributed by atoms with Gasteiger partial charge in [-0.05, 0) is 77.2 Å². The third-order valence-corrected chi connectivity index (χ3v) is 5.31. The molecule has 4 aromatic rings. The zero-order valence-corrected chi connectivity index (χ0v) is 15.8. The highest BCUT2D eigenvalue weighted by Crippen LogP contribution is 2.42. The van der Waals surface area contributed by atoms with Gasteiger partial charge in [-0.1, -0.05) is 48.5 Å². The molecule has 0 fully saturated rings. The minimum absolute atomic E-state index is 0.648. The largest absolute Gasteiger partial charge is 0.569 e. The van der Waals surface area contributed by atoms with E-state index in [1.54, 1.807) is 0 Å². The number of hydrogen-bond acceptors (Lipinski definition) is 3. The van der Waals surface area contributed by atoms with Gasteiger partial charge in [0.25, 0.3) is 0 Å². The minimum Gasteiger partial charge on any atom is -0.537 e. The first-order chi connectivity index (χ1) is 14.3. The van der Waals surface area contributed by atoms with Crippen LogP contribution in [0.3, 0.4) is 0 Å². The number of anilines is 3. The smallest absolute Gasteiger partial charge is 0.537 e. The van der Waals surface area contributed by atoms with E-state index in [9.17, 15) is 0 Å². The molecule has 4 aromatic carbocycles. The third-order valence-electron chi connectivity index (χ3n) is 5.31. The Morgan fingerprint density at radius 3 is 1.86 bits per heavy atom. The maximum atomic E-state index is 8.90. The third kappa shape index (κ3) is 3.28. The average Bonchev–Trinajstić information content (AvgIpc) is 3.13. The van der Waals surface area contributed by atoms with Crippen LogP contribution in [-0.4, -0.2) is 12.7 Å². The van der Waals surface area contributed by atoms with E-state index in [2.05, 4.69) is 77.7 Å². The van der Waals surface area contributed by atoms with Gasteiger partial charge < -0.3 is 14.6 Å². The fraction of sp³-hybridized carbons (Fsp3) is 0.0400. The maximum Gasteiger partial charge on any atom is 0.569 e. The van der Waals surface area contributed by atoms with Crippen molar-refractivity contribution >= 4 is 24.7 Å². The van der Waals surface area contributed by atoms with Crippen LogP contribution in [0.4, 0.5) is 17.1 Å². The number of fused-ring (bicyclic) bond motifs is 3. The van der Waals surface area contributed by atoms with Crippen LogP contribution in [0.1, 0.15) is 11.1 Å². The maximum absolute atomic E-state index is 8.90. The molecule has 3 nitrogen and oxygen atoms in total. The lowest BCUT2D eigenvalue weighted by atomic mass is 10.0. The average molecular weight is 376 g/mol. The highest BCUT2D eigenvalue weighted by Gasteiger charge is 2.21. The van der Waals surface area contributed by atoms with Gasteiger partial charge in [0.05, 0.1) is 0 Å². The molecule has 0 saturated carbocycles. The molecule has 4 heteroatoms. The molecule has 0 aliphatic heterocycles. The summed E-state index contributed by atoms with van der Waals surface area (Å²) in [6, 6.07) is 33.4. The molecule has 0 aromatic heterocycles. The molecule has 0 spiro atoms. The highest BCUT2D eigenvalue weighted by atomic mass is 16.5. The number of nitrogens with zero attached hydrogens (tertiary/aromatic N) is 1. The van der Waals surface area contributed by atoms with Gasteiger partial charge in [-0.2, -0.15) is 0 Å². The Bertz CT molecular complexity index is 1110. The fourth-order valence-electron chi connectivity index (χ4n) is 4.05. The second-order valence-electron chi connectivity index (χ2n) is 7.07. The van der Waals surface area contributed by atoms with Crippen LogP contribution in [0, 0.1) is 0 Å². The van der Waals surface area contributed by atoms with Gasteiger partial charge in [-0.25, -0.2) is 0 Å². The van der Waals surface area contributed by atoms with E-state index in [0.717, 1.165) is 31.2 Å². The molecule has 1 N–H and O–H groups in total. The molecular weight excluding hydrogens is 357 g/mol. The Labute approximate surface area is 171 Å². The van der Waals surface area contributed by atoms with Crippen molar-refractivity contribution in [3.63, 3.8) is 0 Å². The molecule has 0 bridgehead atoms. The van der Waals surface area contributed by atoms with Crippen molar-refractivity contribution < 1.29 is 9.68 Å². The summed E-state index contributed by atoms with van der Waals surface area (Å²) in [5.74, 6) is 0.648. The number of hydrogen-bond donors (Lipinski definition) is 1. The molecule has 1 aliphatic rings. The van der Waals surface area contributed by atoms with Gasteiger partial charge in [0, 0.05) is 17.1 Å². The van der Waals surface area contributed by atoms with Crippen molar-refractivity contribution in [2.24, 2.45) is 0 Å². The lowest BCUT2D eigenvalue weighted by Crippen LogP contribution is -2.09. The van der Waals surface area contributed by atoms with Crippen molar-refractivity contribution in [2.75, 3.05) is 4.90 Å². The van der Waals surface area contributed by atoms with Crippen molar-refractivity contribution in [3.8, 4) is 16.9 Å². The van der Waals surface area contributed by atoms with Gasteiger partial charge in [-0.15, -0.1) is 0 Å². The normalized spacial score (nSPS) is 11.5. The van der Waals surface area contributed by atoms with Crippen LogP contribution in [0.15, 0.2) is 97.1 Å². The number of rotatable bonds is 5. The molecule has 0 unspecified atom stereocenters. The highest BCUT2D eigenvalue weighted by molar-refractivity contribution is 6.17. The standard InChI is InChI=1S/C25H19BNO2/c28-26-29-23-12-14-25-19(17-23)15-18-16-22(11-13-24(18)25)27(20-7-3-1-4-8-20)21-9-5-2-6-10-21/h1-14,16-17,28H,15H2.